The standard InChI is InChI=1S/C31H31N3O4/c35-25(21-38-26-12-11-22-5-1-2-6-24(22)19-26)20-33-15-13-32(14-16-33)17-18-34-30(36)27-9-3-7-23-8-4-10-28(29(23)27)31(34)37/h1-12,19,25,35H,13-18,20-21H2/t25-/m1/s1. The fraction of sp³-hybridized carbons (Fsp3) is 0.290. The molecule has 1 fully saturated rings. The van der Waals surface area contributed by atoms with Gasteiger partial charge in [0, 0.05) is 62.3 Å². The number of benzene rings is 4. The van der Waals surface area contributed by atoms with E-state index in [1.54, 1.807) is 12.1 Å². The van der Waals surface area contributed by atoms with Crippen LogP contribution < -0.4 is 4.74 Å². The monoisotopic (exact) mass is 509 g/mol. The zero-order valence-electron chi connectivity index (χ0n) is 21.3. The summed E-state index contributed by atoms with van der Waals surface area (Å²) in [5, 5.41) is 14.5. The molecule has 4 aromatic rings. The first-order chi connectivity index (χ1) is 18.6. The first-order valence-electron chi connectivity index (χ1n) is 13.2. The molecule has 2 aliphatic heterocycles. The Balaban J connectivity index is 0.975. The number of fused-ring (bicyclic) bond motifs is 1. The van der Waals surface area contributed by atoms with E-state index in [-0.39, 0.29) is 18.4 Å². The third kappa shape index (κ3) is 4.88. The van der Waals surface area contributed by atoms with Gasteiger partial charge in [-0.2, -0.15) is 0 Å². The van der Waals surface area contributed by atoms with Crippen LogP contribution in [0.15, 0.2) is 78.9 Å². The molecule has 1 atom stereocenters. The Labute approximate surface area is 221 Å². The van der Waals surface area contributed by atoms with Crippen molar-refractivity contribution in [3.8, 4) is 5.75 Å². The Hall–Kier alpha value is -3.78. The number of hydrogen-bond donors (Lipinski definition) is 1. The maximum Gasteiger partial charge on any atom is 0.261 e. The molecule has 0 bridgehead atoms. The van der Waals surface area contributed by atoms with Gasteiger partial charge in [0.15, 0.2) is 0 Å². The highest BCUT2D eigenvalue weighted by Crippen LogP contribution is 2.30. The van der Waals surface area contributed by atoms with Crippen LogP contribution in [0.2, 0.25) is 0 Å². The van der Waals surface area contributed by atoms with Crippen LogP contribution in [0.25, 0.3) is 21.5 Å². The predicted octanol–water partition coefficient (Wildman–Crippen LogP) is 3.65. The van der Waals surface area contributed by atoms with Crippen molar-refractivity contribution in [3.63, 3.8) is 0 Å². The zero-order valence-corrected chi connectivity index (χ0v) is 21.3. The fourth-order valence-electron chi connectivity index (χ4n) is 5.52. The molecule has 38 heavy (non-hydrogen) atoms. The van der Waals surface area contributed by atoms with E-state index in [2.05, 4.69) is 21.9 Å². The Morgan fingerprint density at radius 2 is 1.34 bits per heavy atom. The lowest BCUT2D eigenvalue weighted by Gasteiger charge is -2.36. The van der Waals surface area contributed by atoms with E-state index in [4.69, 9.17) is 4.74 Å². The van der Waals surface area contributed by atoms with Gasteiger partial charge in [0.1, 0.15) is 18.5 Å². The number of amides is 2. The van der Waals surface area contributed by atoms with Crippen molar-refractivity contribution in [2.45, 2.75) is 6.10 Å². The second-order valence-corrected chi connectivity index (χ2v) is 10.1. The first kappa shape index (κ1) is 24.6. The number of imide groups is 1. The lowest BCUT2D eigenvalue weighted by molar-refractivity contribution is 0.0416. The number of aliphatic hydroxyl groups is 1. The normalized spacial score (nSPS) is 17.3. The highest BCUT2D eigenvalue weighted by Gasteiger charge is 2.33. The Morgan fingerprint density at radius 3 is 2.05 bits per heavy atom. The molecule has 0 spiro atoms. The van der Waals surface area contributed by atoms with Crippen LogP contribution >= 0.6 is 0 Å². The smallest absolute Gasteiger partial charge is 0.261 e. The molecule has 0 aromatic heterocycles. The van der Waals surface area contributed by atoms with Gasteiger partial charge < -0.3 is 9.84 Å². The van der Waals surface area contributed by atoms with Gasteiger partial charge >= 0.3 is 0 Å². The molecule has 4 aromatic carbocycles. The molecule has 0 saturated carbocycles. The molecule has 1 N–H and O–H groups in total. The number of rotatable bonds is 8. The largest absolute Gasteiger partial charge is 0.491 e. The van der Waals surface area contributed by atoms with Crippen molar-refractivity contribution in [1.29, 1.82) is 0 Å². The second-order valence-electron chi connectivity index (χ2n) is 10.1. The molecule has 0 radical (unpaired) electrons. The molecule has 0 aliphatic carbocycles. The average molecular weight is 510 g/mol. The van der Waals surface area contributed by atoms with Crippen LogP contribution in [-0.4, -0.2) is 90.1 Å². The third-order valence-electron chi connectivity index (χ3n) is 7.59. The Bertz CT molecular complexity index is 1440. The lowest BCUT2D eigenvalue weighted by atomic mass is 9.94. The highest BCUT2D eigenvalue weighted by molar-refractivity contribution is 6.25. The summed E-state index contributed by atoms with van der Waals surface area (Å²) >= 11 is 0. The van der Waals surface area contributed by atoms with Gasteiger partial charge in [0.2, 0.25) is 0 Å². The Morgan fingerprint density at radius 1 is 0.711 bits per heavy atom. The molecule has 1 saturated heterocycles. The first-order valence-corrected chi connectivity index (χ1v) is 13.2. The number of ether oxygens (including phenoxy) is 1. The van der Waals surface area contributed by atoms with E-state index in [0.29, 0.717) is 30.8 Å². The number of aliphatic hydroxyl groups excluding tert-OH is 1. The minimum absolute atomic E-state index is 0.215. The van der Waals surface area contributed by atoms with Crippen LogP contribution in [-0.2, 0) is 0 Å². The van der Waals surface area contributed by atoms with E-state index in [1.807, 2.05) is 54.6 Å². The van der Waals surface area contributed by atoms with Crippen LogP contribution in [0.3, 0.4) is 0 Å². The maximum atomic E-state index is 13.1. The van der Waals surface area contributed by atoms with E-state index >= 15 is 0 Å². The molecule has 2 aliphatic rings. The summed E-state index contributed by atoms with van der Waals surface area (Å²) in [4.78, 5) is 32.1. The zero-order chi connectivity index (χ0) is 26.1. The van der Waals surface area contributed by atoms with Crippen molar-refractivity contribution in [3.05, 3.63) is 90.0 Å². The van der Waals surface area contributed by atoms with Crippen molar-refractivity contribution < 1.29 is 19.4 Å². The number of carbonyl (C=O) groups is 2. The van der Waals surface area contributed by atoms with Gasteiger partial charge in [0.05, 0.1) is 0 Å². The minimum atomic E-state index is -0.584. The van der Waals surface area contributed by atoms with E-state index in [1.165, 1.54) is 4.90 Å². The number of carbonyl (C=O) groups excluding carboxylic acids is 2. The van der Waals surface area contributed by atoms with Crippen molar-refractivity contribution in [1.82, 2.24) is 14.7 Å². The van der Waals surface area contributed by atoms with Crippen LogP contribution in [0, 0.1) is 0 Å². The third-order valence-corrected chi connectivity index (χ3v) is 7.59. The number of β-amino-alcohol motifs (C(OH)–C–C–N with tert-alkyl or cyclic N) is 1. The fourth-order valence-corrected chi connectivity index (χ4v) is 5.52. The molecule has 6 rings (SSSR count). The van der Waals surface area contributed by atoms with Gasteiger partial charge in [-0.25, -0.2) is 0 Å². The van der Waals surface area contributed by atoms with Gasteiger partial charge in [-0.05, 0) is 40.4 Å². The van der Waals surface area contributed by atoms with Gasteiger partial charge in [-0.3, -0.25) is 24.3 Å². The van der Waals surface area contributed by atoms with Crippen LogP contribution in [0.5, 0.6) is 5.75 Å². The van der Waals surface area contributed by atoms with Crippen molar-refractivity contribution >= 4 is 33.4 Å². The summed E-state index contributed by atoms with van der Waals surface area (Å²) in [6.45, 7) is 5.06. The average Bonchev–Trinajstić information content (AvgIpc) is 2.95. The van der Waals surface area contributed by atoms with Gasteiger partial charge in [0.25, 0.3) is 11.8 Å². The molecule has 2 heterocycles. The summed E-state index contributed by atoms with van der Waals surface area (Å²) in [5.74, 6) is 0.327. The van der Waals surface area contributed by atoms with E-state index < -0.39 is 6.10 Å². The van der Waals surface area contributed by atoms with Crippen molar-refractivity contribution in [2.24, 2.45) is 0 Å². The SMILES string of the molecule is O=C1c2cccc3cccc(c23)C(=O)N1CCN1CCN(C[C@@H](O)COc2ccc3ccccc3c2)CC1. The molecule has 2 amide bonds. The summed E-state index contributed by atoms with van der Waals surface area (Å²) in [5.41, 5.74) is 1.20. The summed E-state index contributed by atoms with van der Waals surface area (Å²) in [6.07, 6.45) is -0.584. The number of hydrogen-bond acceptors (Lipinski definition) is 6. The topological polar surface area (TPSA) is 73.3 Å². The molecule has 7 nitrogen and oxygen atoms in total. The molecule has 0 unspecified atom stereocenters. The summed E-state index contributed by atoms with van der Waals surface area (Å²) in [6, 6.07) is 25.3. The van der Waals surface area contributed by atoms with Crippen molar-refractivity contribution in [2.75, 3.05) is 52.4 Å². The highest BCUT2D eigenvalue weighted by atomic mass is 16.5. The van der Waals surface area contributed by atoms with Gasteiger partial charge in [-0.1, -0.05) is 54.6 Å². The predicted molar refractivity (Wildman–Crippen MR) is 148 cm³/mol. The number of piperazine rings is 1. The van der Waals surface area contributed by atoms with Crippen LogP contribution in [0.1, 0.15) is 20.7 Å². The number of nitrogens with zero attached hydrogens (tertiary/aromatic N) is 3. The summed E-state index contributed by atoms with van der Waals surface area (Å²) in [7, 11) is 0. The minimum Gasteiger partial charge on any atom is -0.491 e. The Kier molecular flexibility index (Phi) is 6.81. The van der Waals surface area contributed by atoms with Crippen LogP contribution in [0.4, 0.5) is 0 Å². The van der Waals surface area contributed by atoms with E-state index in [0.717, 1.165) is 53.5 Å². The maximum absolute atomic E-state index is 13.1. The second kappa shape index (κ2) is 10.5. The van der Waals surface area contributed by atoms with Gasteiger partial charge in [-0.15, -0.1) is 0 Å². The quantitative estimate of drug-likeness (QED) is 0.366. The molecular weight excluding hydrogens is 478 g/mol. The van der Waals surface area contributed by atoms with E-state index in [9.17, 15) is 14.7 Å². The molecule has 194 valence electrons. The molecule has 7 heteroatoms. The summed E-state index contributed by atoms with van der Waals surface area (Å²) < 4.78 is 5.85. The molecular formula is C31H31N3O4. The lowest BCUT2D eigenvalue weighted by Crippen LogP contribution is -2.51.